The van der Waals surface area contributed by atoms with Crippen LogP contribution in [0.25, 0.3) is 0 Å². The quantitative estimate of drug-likeness (QED) is 0.548. The number of halogens is 1. The standard InChI is InChI=1S/C10H19ClN2O3S/c1-3-5-7-12-9(6-4-2)10(14)13(8-11)17(12,15)16/h9H,3-8H2,1-2H3. The maximum Gasteiger partial charge on any atom is 0.308 e. The van der Waals surface area contributed by atoms with Gasteiger partial charge in [-0.2, -0.15) is 12.7 Å². The summed E-state index contributed by atoms with van der Waals surface area (Å²) in [5.41, 5.74) is 0. The van der Waals surface area contributed by atoms with E-state index in [4.69, 9.17) is 11.6 Å². The summed E-state index contributed by atoms with van der Waals surface area (Å²) in [6.07, 6.45) is 2.96. The van der Waals surface area contributed by atoms with Crippen molar-refractivity contribution < 1.29 is 13.2 Å². The predicted octanol–water partition coefficient (Wildman–Crippen LogP) is 1.54. The number of unbranched alkanes of at least 4 members (excludes halogenated alkanes) is 1. The van der Waals surface area contributed by atoms with Crippen molar-refractivity contribution in [2.75, 3.05) is 12.5 Å². The highest BCUT2D eigenvalue weighted by Crippen LogP contribution is 2.27. The third kappa shape index (κ3) is 2.74. The van der Waals surface area contributed by atoms with Crippen molar-refractivity contribution in [1.29, 1.82) is 0 Å². The molecule has 1 aliphatic heterocycles. The molecule has 1 atom stereocenters. The highest BCUT2D eigenvalue weighted by Gasteiger charge is 2.48. The Hall–Kier alpha value is -0.330. The molecule has 0 aliphatic carbocycles. The van der Waals surface area contributed by atoms with Crippen molar-refractivity contribution in [3.8, 4) is 0 Å². The van der Waals surface area contributed by atoms with Gasteiger partial charge in [0, 0.05) is 6.54 Å². The molecule has 7 heteroatoms. The van der Waals surface area contributed by atoms with Gasteiger partial charge in [-0.25, -0.2) is 4.31 Å². The van der Waals surface area contributed by atoms with Crippen LogP contribution >= 0.6 is 11.6 Å². The minimum absolute atomic E-state index is 0.302. The number of hydrogen-bond donors (Lipinski definition) is 0. The van der Waals surface area contributed by atoms with Gasteiger partial charge in [0.1, 0.15) is 12.0 Å². The van der Waals surface area contributed by atoms with E-state index in [1.54, 1.807) is 0 Å². The number of carbonyl (C=O) groups is 1. The molecule has 0 spiro atoms. The number of alkyl halides is 1. The SMILES string of the molecule is CCCCN1C(CCC)C(=O)N(CCl)S1(=O)=O. The molecule has 0 aromatic heterocycles. The van der Waals surface area contributed by atoms with E-state index in [1.807, 2.05) is 13.8 Å². The summed E-state index contributed by atoms with van der Waals surface area (Å²) in [6, 6.07) is -0.861. The number of carbonyl (C=O) groups excluding carboxylic acids is 1. The molecule has 1 heterocycles. The molecule has 0 bridgehead atoms. The van der Waals surface area contributed by atoms with Crippen LogP contribution in [0.1, 0.15) is 39.5 Å². The largest absolute Gasteiger partial charge is 0.308 e. The Labute approximate surface area is 108 Å². The van der Waals surface area contributed by atoms with E-state index in [0.717, 1.165) is 23.6 Å². The van der Waals surface area contributed by atoms with Crippen LogP contribution in [0.5, 0.6) is 0 Å². The average molecular weight is 283 g/mol. The highest BCUT2D eigenvalue weighted by molar-refractivity contribution is 7.87. The third-order valence-electron chi connectivity index (χ3n) is 2.86. The van der Waals surface area contributed by atoms with Gasteiger partial charge in [0.15, 0.2) is 0 Å². The number of rotatable bonds is 6. The maximum atomic E-state index is 12.1. The Balaban J connectivity index is 2.98. The van der Waals surface area contributed by atoms with E-state index in [-0.39, 0.29) is 6.00 Å². The zero-order chi connectivity index (χ0) is 13.1. The van der Waals surface area contributed by atoms with Crippen LogP contribution in [0.2, 0.25) is 0 Å². The van der Waals surface area contributed by atoms with Crippen molar-refractivity contribution in [3.05, 3.63) is 0 Å². The van der Waals surface area contributed by atoms with Crippen molar-refractivity contribution in [3.63, 3.8) is 0 Å². The molecule has 0 aromatic carbocycles. The van der Waals surface area contributed by atoms with E-state index >= 15 is 0 Å². The second-order valence-electron chi connectivity index (χ2n) is 4.08. The molecule has 1 aliphatic rings. The molecule has 1 fully saturated rings. The summed E-state index contributed by atoms with van der Waals surface area (Å²) >= 11 is 5.55. The van der Waals surface area contributed by atoms with Crippen molar-refractivity contribution in [2.45, 2.75) is 45.6 Å². The summed E-state index contributed by atoms with van der Waals surface area (Å²) in [6.45, 7) is 4.31. The lowest BCUT2D eigenvalue weighted by Crippen LogP contribution is -2.36. The van der Waals surface area contributed by atoms with Gasteiger partial charge in [-0.15, -0.1) is 11.6 Å². The third-order valence-corrected chi connectivity index (χ3v) is 5.13. The first kappa shape index (κ1) is 14.7. The molecule has 100 valence electrons. The fraction of sp³-hybridized carbons (Fsp3) is 0.900. The van der Waals surface area contributed by atoms with E-state index in [9.17, 15) is 13.2 Å². The zero-order valence-electron chi connectivity index (χ0n) is 10.2. The molecule has 0 aromatic rings. The average Bonchev–Trinajstić information content (AvgIpc) is 2.44. The summed E-state index contributed by atoms with van der Waals surface area (Å²) in [7, 11) is -3.69. The predicted molar refractivity (Wildman–Crippen MR) is 66.8 cm³/mol. The van der Waals surface area contributed by atoms with Gasteiger partial charge in [0.25, 0.3) is 5.91 Å². The molecule has 1 unspecified atom stereocenters. The molecule has 1 rings (SSSR count). The van der Waals surface area contributed by atoms with Gasteiger partial charge in [0.2, 0.25) is 0 Å². The van der Waals surface area contributed by atoms with Crippen LogP contribution in [0.15, 0.2) is 0 Å². The Morgan fingerprint density at radius 1 is 1.29 bits per heavy atom. The number of nitrogens with zero attached hydrogens (tertiary/aromatic N) is 2. The van der Waals surface area contributed by atoms with Gasteiger partial charge in [-0.1, -0.05) is 26.7 Å². The van der Waals surface area contributed by atoms with Crippen LogP contribution in [-0.4, -0.2) is 41.5 Å². The van der Waals surface area contributed by atoms with Crippen LogP contribution in [0, 0.1) is 0 Å². The zero-order valence-corrected chi connectivity index (χ0v) is 11.8. The fourth-order valence-corrected chi connectivity index (χ4v) is 4.03. The Bertz CT molecular complexity index is 372. The first-order valence-corrected chi connectivity index (χ1v) is 7.83. The summed E-state index contributed by atoms with van der Waals surface area (Å²) in [4.78, 5) is 11.9. The second-order valence-corrected chi connectivity index (χ2v) is 6.13. The molecule has 17 heavy (non-hydrogen) atoms. The smallest absolute Gasteiger partial charge is 0.272 e. The van der Waals surface area contributed by atoms with Crippen LogP contribution in [0.4, 0.5) is 0 Å². The van der Waals surface area contributed by atoms with Crippen LogP contribution < -0.4 is 0 Å². The Morgan fingerprint density at radius 2 is 1.94 bits per heavy atom. The molecular weight excluding hydrogens is 264 g/mol. The first-order valence-electron chi connectivity index (χ1n) is 5.90. The van der Waals surface area contributed by atoms with Crippen molar-refractivity contribution in [1.82, 2.24) is 8.61 Å². The summed E-state index contributed by atoms with van der Waals surface area (Å²) < 4.78 is 26.2. The molecule has 1 amide bonds. The second kappa shape index (κ2) is 6.02. The number of amides is 1. The van der Waals surface area contributed by atoms with Gasteiger partial charge in [-0.3, -0.25) is 4.79 Å². The highest BCUT2D eigenvalue weighted by atomic mass is 35.5. The van der Waals surface area contributed by atoms with Gasteiger partial charge < -0.3 is 0 Å². The molecule has 0 radical (unpaired) electrons. The maximum absolute atomic E-state index is 12.1. The summed E-state index contributed by atoms with van der Waals surface area (Å²) in [5.74, 6) is -0.391. The Morgan fingerprint density at radius 3 is 2.41 bits per heavy atom. The molecule has 0 saturated carbocycles. The van der Waals surface area contributed by atoms with E-state index < -0.39 is 22.2 Å². The molecular formula is C10H19ClN2O3S. The molecule has 1 saturated heterocycles. The summed E-state index contributed by atoms with van der Waals surface area (Å²) in [5, 5.41) is 0. The van der Waals surface area contributed by atoms with Gasteiger partial charge in [-0.05, 0) is 12.8 Å². The first-order chi connectivity index (χ1) is 8.00. The monoisotopic (exact) mass is 282 g/mol. The minimum atomic E-state index is -3.69. The molecule has 0 N–H and O–H groups in total. The lowest BCUT2D eigenvalue weighted by Gasteiger charge is -2.19. The molecule has 5 nitrogen and oxygen atoms in total. The fourth-order valence-electron chi connectivity index (χ4n) is 1.94. The van der Waals surface area contributed by atoms with Crippen LogP contribution in [0.3, 0.4) is 0 Å². The van der Waals surface area contributed by atoms with Crippen LogP contribution in [-0.2, 0) is 15.0 Å². The van der Waals surface area contributed by atoms with E-state index in [1.165, 1.54) is 4.31 Å². The van der Waals surface area contributed by atoms with E-state index in [2.05, 4.69) is 0 Å². The number of hydrogen-bond acceptors (Lipinski definition) is 3. The minimum Gasteiger partial charge on any atom is -0.272 e. The topological polar surface area (TPSA) is 57.7 Å². The van der Waals surface area contributed by atoms with Crippen molar-refractivity contribution in [2.24, 2.45) is 0 Å². The van der Waals surface area contributed by atoms with Gasteiger partial charge in [0.05, 0.1) is 0 Å². The Kier molecular flexibility index (Phi) is 5.22. The van der Waals surface area contributed by atoms with Gasteiger partial charge >= 0.3 is 10.2 Å². The lowest BCUT2D eigenvalue weighted by atomic mass is 10.1. The van der Waals surface area contributed by atoms with Crippen molar-refractivity contribution >= 4 is 27.7 Å². The lowest BCUT2D eigenvalue weighted by molar-refractivity contribution is -0.127. The van der Waals surface area contributed by atoms with E-state index in [0.29, 0.717) is 13.0 Å². The normalized spacial score (nSPS) is 24.5.